The number of hydrogen-bond acceptors (Lipinski definition) is 2. The minimum Gasteiger partial charge on any atom is -0.347 e. The first-order valence-electron chi connectivity index (χ1n) is 6.37. The highest BCUT2D eigenvalue weighted by Crippen LogP contribution is 2.18. The molecule has 0 bridgehead atoms. The highest BCUT2D eigenvalue weighted by molar-refractivity contribution is 8.00. The molecule has 1 N–H and O–H groups in total. The van der Waals surface area contributed by atoms with Gasteiger partial charge in [0.05, 0.1) is 11.8 Å². The topological polar surface area (TPSA) is 29.1 Å². The van der Waals surface area contributed by atoms with Crippen molar-refractivity contribution in [3.05, 3.63) is 66.2 Å². The van der Waals surface area contributed by atoms with E-state index in [1.807, 2.05) is 60.7 Å². The lowest BCUT2D eigenvalue weighted by molar-refractivity contribution is -0.119. The van der Waals surface area contributed by atoms with Gasteiger partial charge in [0.15, 0.2) is 0 Å². The maximum absolute atomic E-state index is 12.0. The van der Waals surface area contributed by atoms with E-state index < -0.39 is 0 Å². The number of thioether (sulfide) groups is 1. The molecule has 2 aromatic carbocycles. The molecule has 0 aliphatic heterocycles. The number of benzene rings is 2. The van der Waals surface area contributed by atoms with Crippen molar-refractivity contribution in [2.24, 2.45) is 0 Å². The van der Waals surface area contributed by atoms with Crippen molar-refractivity contribution in [1.29, 1.82) is 0 Å². The third kappa shape index (κ3) is 4.58. The molecule has 0 saturated carbocycles. The van der Waals surface area contributed by atoms with Gasteiger partial charge in [0.25, 0.3) is 0 Å². The van der Waals surface area contributed by atoms with Crippen LogP contribution in [0.15, 0.2) is 65.6 Å². The molecule has 2 aromatic rings. The SMILES string of the molecule is O=C(CSc1ccccc1)NC(CCl)c1ccccc1. The monoisotopic (exact) mass is 305 g/mol. The Hall–Kier alpha value is -1.45. The molecule has 1 amide bonds. The van der Waals surface area contributed by atoms with Crippen LogP contribution in [0.25, 0.3) is 0 Å². The third-order valence-electron chi connectivity index (χ3n) is 2.80. The van der Waals surface area contributed by atoms with E-state index in [9.17, 15) is 4.79 Å². The average Bonchev–Trinajstić information content (AvgIpc) is 2.52. The van der Waals surface area contributed by atoms with E-state index in [4.69, 9.17) is 11.6 Å². The first-order valence-corrected chi connectivity index (χ1v) is 7.89. The Labute approximate surface area is 128 Å². The van der Waals surface area contributed by atoms with Crippen molar-refractivity contribution < 1.29 is 4.79 Å². The molecule has 4 heteroatoms. The molecule has 0 aliphatic rings. The normalized spacial score (nSPS) is 11.8. The number of nitrogens with one attached hydrogen (secondary N) is 1. The van der Waals surface area contributed by atoms with Gasteiger partial charge in [-0.15, -0.1) is 23.4 Å². The average molecular weight is 306 g/mol. The molecule has 0 spiro atoms. The molecule has 0 saturated heterocycles. The van der Waals surface area contributed by atoms with E-state index in [-0.39, 0.29) is 11.9 Å². The predicted octanol–water partition coefficient (Wildman–Crippen LogP) is 3.88. The standard InChI is InChI=1S/C16H16ClNOS/c17-11-15(13-7-3-1-4-8-13)18-16(19)12-20-14-9-5-2-6-10-14/h1-10,15H,11-12H2,(H,18,19). The lowest BCUT2D eigenvalue weighted by atomic mass is 10.1. The predicted molar refractivity (Wildman–Crippen MR) is 85.2 cm³/mol. The van der Waals surface area contributed by atoms with Crippen LogP contribution < -0.4 is 5.32 Å². The van der Waals surface area contributed by atoms with Crippen molar-refractivity contribution in [2.45, 2.75) is 10.9 Å². The smallest absolute Gasteiger partial charge is 0.230 e. The Morgan fingerprint density at radius 3 is 2.25 bits per heavy atom. The number of halogens is 1. The molecule has 0 aromatic heterocycles. The van der Waals surface area contributed by atoms with Gasteiger partial charge in [-0.3, -0.25) is 4.79 Å². The molecule has 1 unspecified atom stereocenters. The van der Waals surface area contributed by atoms with Crippen LogP contribution in [0.1, 0.15) is 11.6 Å². The van der Waals surface area contributed by atoms with Crippen LogP contribution in [0.2, 0.25) is 0 Å². The van der Waals surface area contributed by atoms with Crippen LogP contribution in [0.5, 0.6) is 0 Å². The van der Waals surface area contributed by atoms with Gasteiger partial charge in [0, 0.05) is 10.8 Å². The first-order chi connectivity index (χ1) is 9.79. The van der Waals surface area contributed by atoms with Crippen LogP contribution >= 0.6 is 23.4 Å². The zero-order valence-corrected chi connectivity index (χ0v) is 12.5. The van der Waals surface area contributed by atoms with Crippen molar-refractivity contribution in [1.82, 2.24) is 5.32 Å². The van der Waals surface area contributed by atoms with E-state index in [1.54, 1.807) is 0 Å². The summed E-state index contributed by atoms with van der Waals surface area (Å²) in [6.07, 6.45) is 0. The maximum atomic E-state index is 12.0. The molecule has 104 valence electrons. The Bertz CT molecular complexity index is 533. The van der Waals surface area contributed by atoms with Crippen LogP contribution in [-0.4, -0.2) is 17.5 Å². The fourth-order valence-electron chi connectivity index (χ4n) is 1.80. The van der Waals surface area contributed by atoms with Gasteiger partial charge in [-0.2, -0.15) is 0 Å². The van der Waals surface area contributed by atoms with Crippen LogP contribution in [0.3, 0.4) is 0 Å². The fraction of sp³-hybridized carbons (Fsp3) is 0.188. The summed E-state index contributed by atoms with van der Waals surface area (Å²) < 4.78 is 0. The second kappa shape index (κ2) is 7.98. The second-order valence-electron chi connectivity index (χ2n) is 4.29. The Balaban J connectivity index is 1.87. The zero-order chi connectivity index (χ0) is 14.2. The maximum Gasteiger partial charge on any atom is 0.230 e. The molecule has 0 heterocycles. The van der Waals surface area contributed by atoms with Gasteiger partial charge in [-0.25, -0.2) is 0 Å². The van der Waals surface area contributed by atoms with E-state index >= 15 is 0 Å². The van der Waals surface area contributed by atoms with Crippen molar-refractivity contribution in [3.8, 4) is 0 Å². The zero-order valence-electron chi connectivity index (χ0n) is 11.0. The number of amides is 1. The molecular weight excluding hydrogens is 290 g/mol. The fourth-order valence-corrected chi connectivity index (χ4v) is 2.78. The summed E-state index contributed by atoms with van der Waals surface area (Å²) in [6.45, 7) is 0. The second-order valence-corrected chi connectivity index (χ2v) is 5.64. The van der Waals surface area contributed by atoms with E-state index in [0.29, 0.717) is 11.6 Å². The van der Waals surface area contributed by atoms with E-state index in [0.717, 1.165) is 10.5 Å². The summed E-state index contributed by atoms with van der Waals surface area (Å²) >= 11 is 7.46. The highest BCUT2D eigenvalue weighted by Gasteiger charge is 2.13. The van der Waals surface area contributed by atoms with E-state index in [1.165, 1.54) is 11.8 Å². The number of rotatable bonds is 6. The largest absolute Gasteiger partial charge is 0.347 e. The minimum atomic E-state index is -0.137. The molecule has 20 heavy (non-hydrogen) atoms. The number of carbonyl (C=O) groups excluding carboxylic acids is 1. The lowest BCUT2D eigenvalue weighted by Gasteiger charge is -2.16. The van der Waals surface area contributed by atoms with Gasteiger partial charge < -0.3 is 5.32 Å². The molecule has 2 nitrogen and oxygen atoms in total. The highest BCUT2D eigenvalue weighted by atomic mass is 35.5. The minimum absolute atomic E-state index is 0.00615. The summed E-state index contributed by atoms with van der Waals surface area (Å²) in [5.74, 6) is 0.754. The first kappa shape index (κ1) is 14.9. The third-order valence-corrected chi connectivity index (χ3v) is 4.13. The Morgan fingerprint density at radius 2 is 1.65 bits per heavy atom. The summed E-state index contributed by atoms with van der Waals surface area (Å²) in [5.41, 5.74) is 1.03. The number of hydrogen-bond donors (Lipinski definition) is 1. The van der Waals surface area contributed by atoms with Gasteiger partial charge in [0.2, 0.25) is 5.91 Å². The Morgan fingerprint density at radius 1 is 1.05 bits per heavy atom. The van der Waals surface area contributed by atoms with Crippen LogP contribution in [0, 0.1) is 0 Å². The van der Waals surface area contributed by atoms with Gasteiger partial charge in [0.1, 0.15) is 0 Å². The molecule has 0 radical (unpaired) electrons. The van der Waals surface area contributed by atoms with Gasteiger partial charge in [-0.05, 0) is 17.7 Å². The number of carbonyl (C=O) groups is 1. The van der Waals surface area contributed by atoms with Crippen molar-refractivity contribution in [3.63, 3.8) is 0 Å². The number of alkyl halides is 1. The molecule has 0 aliphatic carbocycles. The van der Waals surface area contributed by atoms with Crippen molar-refractivity contribution >= 4 is 29.3 Å². The summed E-state index contributed by atoms with van der Waals surface area (Å²) in [6, 6.07) is 19.5. The van der Waals surface area contributed by atoms with Crippen molar-refractivity contribution in [2.75, 3.05) is 11.6 Å². The van der Waals surface area contributed by atoms with Crippen LogP contribution in [0.4, 0.5) is 0 Å². The molecule has 2 rings (SSSR count). The molecule has 0 fully saturated rings. The molecule has 1 atom stereocenters. The van der Waals surface area contributed by atoms with Gasteiger partial charge in [-0.1, -0.05) is 48.5 Å². The summed E-state index contributed by atoms with van der Waals surface area (Å²) in [5, 5.41) is 2.96. The lowest BCUT2D eigenvalue weighted by Crippen LogP contribution is -2.30. The van der Waals surface area contributed by atoms with Gasteiger partial charge >= 0.3 is 0 Å². The van der Waals surface area contributed by atoms with Crippen LogP contribution in [-0.2, 0) is 4.79 Å². The summed E-state index contributed by atoms with van der Waals surface area (Å²) in [7, 11) is 0. The summed E-state index contributed by atoms with van der Waals surface area (Å²) in [4.78, 5) is 13.1. The molecular formula is C16H16ClNOS. The van der Waals surface area contributed by atoms with E-state index in [2.05, 4.69) is 5.32 Å². The Kier molecular flexibility index (Phi) is 5.96. The quantitative estimate of drug-likeness (QED) is 0.648.